The first kappa shape index (κ1) is 12.4. The molecule has 3 rings (SSSR count). The fraction of sp³-hybridized carbons (Fsp3) is 0.0714. The van der Waals surface area contributed by atoms with Crippen molar-refractivity contribution >= 4 is 49.4 Å². The Bertz CT molecular complexity index is 724. The lowest BCUT2D eigenvalue weighted by molar-refractivity contribution is 1.19. The summed E-state index contributed by atoms with van der Waals surface area (Å²) in [6, 6.07) is 7.93. The molecule has 0 aliphatic carbocycles. The molecule has 5 heteroatoms. The van der Waals surface area contributed by atoms with Crippen molar-refractivity contribution in [3.63, 3.8) is 0 Å². The molecule has 0 aliphatic heterocycles. The highest BCUT2D eigenvalue weighted by atomic mass is 79.9. The molecule has 0 fully saturated rings. The number of aromatic nitrogens is 1. The van der Waals surface area contributed by atoms with Gasteiger partial charge in [-0.2, -0.15) is 0 Å². The van der Waals surface area contributed by atoms with Crippen LogP contribution in [-0.2, 0) is 6.54 Å². The van der Waals surface area contributed by atoms with Crippen molar-refractivity contribution in [1.82, 2.24) is 4.98 Å². The number of benzene rings is 1. The van der Waals surface area contributed by atoms with Crippen LogP contribution in [0.4, 0.5) is 11.4 Å². The van der Waals surface area contributed by atoms with Gasteiger partial charge in [-0.15, -0.1) is 11.3 Å². The summed E-state index contributed by atoms with van der Waals surface area (Å²) in [6.07, 6.45) is 3.61. The summed E-state index contributed by atoms with van der Waals surface area (Å²) in [7, 11) is 0. The van der Waals surface area contributed by atoms with Crippen molar-refractivity contribution in [3.8, 4) is 0 Å². The molecule has 3 aromatic rings. The first-order chi connectivity index (χ1) is 9.25. The Balaban J connectivity index is 1.93. The summed E-state index contributed by atoms with van der Waals surface area (Å²) in [5.41, 5.74) is 7.81. The minimum absolute atomic E-state index is 0.778. The highest BCUT2D eigenvalue weighted by Crippen LogP contribution is 2.29. The largest absolute Gasteiger partial charge is 0.398 e. The second-order valence-corrected chi connectivity index (χ2v) is 6.02. The number of nitrogens with zero attached hydrogens (tertiary/aromatic N) is 1. The molecule has 0 spiro atoms. The van der Waals surface area contributed by atoms with E-state index in [1.54, 1.807) is 17.5 Å². The zero-order valence-corrected chi connectivity index (χ0v) is 12.5. The summed E-state index contributed by atoms with van der Waals surface area (Å²) < 4.78 is 1.14. The van der Waals surface area contributed by atoms with Crippen LogP contribution in [0.3, 0.4) is 0 Å². The van der Waals surface area contributed by atoms with E-state index in [9.17, 15) is 0 Å². The fourth-order valence-electron chi connectivity index (χ4n) is 1.99. The zero-order chi connectivity index (χ0) is 13.2. The van der Waals surface area contributed by atoms with Gasteiger partial charge in [-0.25, -0.2) is 0 Å². The lowest BCUT2D eigenvalue weighted by Gasteiger charge is -2.10. The molecule has 0 saturated carbocycles. The van der Waals surface area contributed by atoms with Crippen LogP contribution in [0.1, 0.15) is 4.88 Å². The first-order valence-corrected chi connectivity index (χ1v) is 7.51. The number of thiophene rings is 1. The number of nitrogen functional groups attached to an aromatic ring is 1. The zero-order valence-electron chi connectivity index (χ0n) is 10.1. The van der Waals surface area contributed by atoms with E-state index in [1.165, 1.54) is 4.88 Å². The summed E-state index contributed by atoms with van der Waals surface area (Å²) >= 11 is 5.27. The van der Waals surface area contributed by atoms with Crippen molar-refractivity contribution < 1.29 is 0 Å². The van der Waals surface area contributed by atoms with Gasteiger partial charge in [0.2, 0.25) is 0 Å². The topological polar surface area (TPSA) is 50.9 Å². The van der Waals surface area contributed by atoms with Gasteiger partial charge in [0.15, 0.2) is 0 Å². The lowest BCUT2D eigenvalue weighted by atomic mass is 10.1. The van der Waals surface area contributed by atoms with Gasteiger partial charge in [0.05, 0.1) is 6.54 Å². The SMILES string of the molecule is Nc1ccc(NCc2sccc2Br)c2cnccc12. The van der Waals surface area contributed by atoms with E-state index in [0.29, 0.717) is 0 Å². The Morgan fingerprint density at radius 3 is 2.89 bits per heavy atom. The van der Waals surface area contributed by atoms with Crippen LogP contribution < -0.4 is 11.1 Å². The minimum Gasteiger partial charge on any atom is -0.398 e. The van der Waals surface area contributed by atoms with Gasteiger partial charge in [0, 0.05) is 43.9 Å². The maximum Gasteiger partial charge on any atom is 0.0505 e. The van der Waals surface area contributed by atoms with Crippen LogP contribution in [0.15, 0.2) is 46.5 Å². The lowest BCUT2D eigenvalue weighted by Crippen LogP contribution is -2.00. The van der Waals surface area contributed by atoms with Crippen molar-refractivity contribution in [1.29, 1.82) is 0 Å². The molecule has 1 aromatic carbocycles. The van der Waals surface area contributed by atoms with Crippen molar-refractivity contribution in [2.45, 2.75) is 6.54 Å². The molecule has 2 aromatic heterocycles. The van der Waals surface area contributed by atoms with Crippen LogP contribution in [-0.4, -0.2) is 4.98 Å². The van der Waals surface area contributed by atoms with Crippen LogP contribution in [0, 0.1) is 0 Å². The third-order valence-electron chi connectivity index (χ3n) is 2.98. The average Bonchev–Trinajstić information content (AvgIpc) is 2.84. The molecule has 0 amide bonds. The number of fused-ring (bicyclic) bond motifs is 1. The van der Waals surface area contributed by atoms with Crippen LogP contribution >= 0.6 is 27.3 Å². The molecule has 0 bridgehead atoms. The van der Waals surface area contributed by atoms with E-state index in [4.69, 9.17) is 5.73 Å². The van der Waals surface area contributed by atoms with Crippen LogP contribution in [0.2, 0.25) is 0 Å². The third-order valence-corrected chi connectivity index (χ3v) is 4.91. The maximum atomic E-state index is 5.98. The predicted molar refractivity (Wildman–Crippen MR) is 85.5 cm³/mol. The Morgan fingerprint density at radius 1 is 1.21 bits per heavy atom. The highest BCUT2D eigenvalue weighted by Gasteiger charge is 2.05. The van der Waals surface area contributed by atoms with Crippen molar-refractivity contribution in [2.24, 2.45) is 0 Å². The Morgan fingerprint density at radius 2 is 2.11 bits per heavy atom. The number of hydrogen-bond acceptors (Lipinski definition) is 4. The van der Waals surface area contributed by atoms with Crippen LogP contribution in [0.5, 0.6) is 0 Å². The van der Waals surface area contributed by atoms with E-state index >= 15 is 0 Å². The standard InChI is InChI=1S/C14H12BrN3S/c15-11-4-6-19-14(11)8-18-13-2-1-12(16)9-3-5-17-7-10(9)13/h1-7,18H,8,16H2. The quantitative estimate of drug-likeness (QED) is 0.704. The number of nitrogens with one attached hydrogen (secondary N) is 1. The molecule has 0 saturated heterocycles. The Kier molecular flexibility index (Phi) is 3.40. The molecule has 0 atom stereocenters. The molecule has 2 heterocycles. The molecule has 3 N–H and O–H groups in total. The number of anilines is 2. The van der Waals surface area contributed by atoms with E-state index in [-0.39, 0.29) is 0 Å². The molecular formula is C14H12BrN3S. The van der Waals surface area contributed by atoms with Gasteiger partial charge in [0.25, 0.3) is 0 Å². The van der Waals surface area contributed by atoms with E-state index < -0.39 is 0 Å². The monoisotopic (exact) mass is 333 g/mol. The molecule has 0 radical (unpaired) electrons. The van der Waals surface area contributed by atoms with Gasteiger partial charge in [-0.1, -0.05) is 0 Å². The molecule has 96 valence electrons. The highest BCUT2D eigenvalue weighted by molar-refractivity contribution is 9.10. The number of rotatable bonds is 3. The van der Waals surface area contributed by atoms with Gasteiger partial charge in [-0.05, 0) is 45.6 Å². The maximum absolute atomic E-state index is 5.98. The summed E-state index contributed by atoms with van der Waals surface area (Å²) in [5, 5.41) is 7.60. The minimum atomic E-state index is 0.778. The molecule has 3 nitrogen and oxygen atoms in total. The predicted octanol–water partition coefficient (Wildman–Crippen LogP) is 4.25. The molecular weight excluding hydrogens is 322 g/mol. The van der Waals surface area contributed by atoms with Gasteiger partial charge >= 0.3 is 0 Å². The smallest absolute Gasteiger partial charge is 0.0505 e. The average molecular weight is 334 g/mol. The summed E-state index contributed by atoms with van der Waals surface area (Å²) in [6.45, 7) is 0.784. The number of hydrogen-bond donors (Lipinski definition) is 2. The summed E-state index contributed by atoms with van der Waals surface area (Å²) in [5.74, 6) is 0. The molecule has 0 aliphatic rings. The van der Waals surface area contributed by atoms with Gasteiger partial charge in [-0.3, -0.25) is 4.98 Å². The number of halogens is 1. The second kappa shape index (κ2) is 5.19. The molecule has 19 heavy (non-hydrogen) atoms. The van der Waals surface area contributed by atoms with Crippen molar-refractivity contribution in [2.75, 3.05) is 11.1 Å². The molecule has 0 unspecified atom stereocenters. The van der Waals surface area contributed by atoms with Crippen molar-refractivity contribution in [3.05, 3.63) is 51.4 Å². The summed E-state index contributed by atoms with van der Waals surface area (Å²) in [4.78, 5) is 5.45. The fourth-order valence-corrected chi connectivity index (χ4v) is 3.43. The van der Waals surface area contributed by atoms with E-state index in [0.717, 1.165) is 33.2 Å². The van der Waals surface area contributed by atoms with E-state index in [2.05, 4.69) is 37.7 Å². The number of pyridine rings is 1. The van der Waals surface area contributed by atoms with Gasteiger partial charge in [0.1, 0.15) is 0 Å². The first-order valence-electron chi connectivity index (χ1n) is 5.83. The normalized spacial score (nSPS) is 10.8. The third kappa shape index (κ3) is 2.43. The Hall–Kier alpha value is -1.59. The Labute approximate surface area is 123 Å². The van der Waals surface area contributed by atoms with Gasteiger partial charge < -0.3 is 11.1 Å². The number of nitrogens with two attached hydrogens (primary N) is 1. The van der Waals surface area contributed by atoms with E-state index in [1.807, 2.05) is 24.4 Å². The second-order valence-electron chi connectivity index (χ2n) is 4.17. The van der Waals surface area contributed by atoms with Crippen LogP contribution in [0.25, 0.3) is 10.8 Å².